The van der Waals surface area contributed by atoms with Crippen LogP contribution < -0.4 is 0 Å². The normalized spacial score (nSPS) is 12.2. The van der Waals surface area contributed by atoms with Crippen LogP contribution >= 0.6 is 31.9 Å². The fourth-order valence-corrected chi connectivity index (χ4v) is 9.35. The Morgan fingerprint density at radius 1 is 0.380 bits per heavy atom. The highest BCUT2D eigenvalue weighted by atomic mass is 79.9. The van der Waals surface area contributed by atoms with Crippen molar-refractivity contribution in [2.24, 2.45) is 0 Å². The second kappa shape index (κ2) is 10.5. The Morgan fingerprint density at radius 3 is 1.50 bits per heavy atom. The number of hydrogen-bond donors (Lipinski definition) is 0. The van der Waals surface area contributed by atoms with Crippen LogP contribution in [-0.4, -0.2) is 14.1 Å². The van der Waals surface area contributed by atoms with E-state index >= 15 is 0 Å². The van der Waals surface area contributed by atoms with E-state index in [1.54, 1.807) is 0 Å². The average Bonchev–Trinajstić information content (AvgIpc) is 3.70. The van der Waals surface area contributed by atoms with Crippen molar-refractivity contribution in [2.75, 3.05) is 0 Å². The third-order valence-electron chi connectivity index (χ3n) is 10.4. The second-order valence-electron chi connectivity index (χ2n) is 13.0. The van der Waals surface area contributed by atoms with Crippen LogP contribution in [0.5, 0.6) is 0 Å². The molecule has 0 amide bonds. The zero-order valence-electron chi connectivity index (χ0n) is 26.5. The number of fused-ring (bicyclic) bond motifs is 13. The molecule has 0 unspecified atom stereocenters. The van der Waals surface area contributed by atoms with E-state index in [2.05, 4.69) is 187 Å². The molecule has 0 aliphatic heterocycles. The van der Waals surface area contributed by atoms with Crippen molar-refractivity contribution in [3.05, 3.63) is 161 Å². The summed E-state index contributed by atoms with van der Waals surface area (Å²) in [5, 5.41) is 13.3. The maximum Gasteiger partial charge on any atom is 0.0794 e. The van der Waals surface area contributed by atoms with Crippen molar-refractivity contribution in [2.45, 2.75) is 0 Å². The van der Waals surface area contributed by atoms with Crippen molar-refractivity contribution in [3.8, 4) is 11.4 Å². The van der Waals surface area contributed by atoms with E-state index in [9.17, 15) is 0 Å². The number of rotatable bonds is 2. The van der Waals surface area contributed by atoms with Crippen LogP contribution in [-0.2, 0) is 0 Å². The van der Waals surface area contributed by atoms with Crippen molar-refractivity contribution in [1.29, 1.82) is 0 Å². The monoisotopic (exact) mass is 765 g/mol. The lowest BCUT2D eigenvalue weighted by molar-refractivity contribution is 1.16. The molecule has 3 nitrogen and oxygen atoms in total. The summed E-state index contributed by atoms with van der Waals surface area (Å²) in [4.78, 5) is 5.19. The fourth-order valence-electron chi connectivity index (χ4n) is 8.29. The molecule has 3 aromatic heterocycles. The van der Waals surface area contributed by atoms with Crippen molar-refractivity contribution in [3.63, 3.8) is 0 Å². The molecular weight excluding hydrogens is 742 g/mol. The van der Waals surface area contributed by atoms with Crippen molar-refractivity contribution in [1.82, 2.24) is 14.1 Å². The molecule has 0 spiro atoms. The maximum absolute atomic E-state index is 5.19. The Bertz CT molecular complexity index is 3020. The first-order chi connectivity index (χ1) is 24.7. The first kappa shape index (κ1) is 28.4. The number of halogens is 2. The topological polar surface area (TPSA) is 22.8 Å². The molecule has 0 aliphatic rings. The highest BCUT2D eigenvalue weighted by molar-refractivity contribution is 9.13. The standard InChI is InChI=1S/C45H25Br2N3/c46-43-35-23-28(49-37-15-7-5-13-33(37)41-30-11-3-1-9-26(30)17-21-39(41)49)19-20-32(35)45-36(44(43)47)24-29(25-48-45)50-38-16-8-6-14-34(38)42-31-12-4-2-10-27(31)18-22-40(42)50/h1-25H. The molecular formula is C45H25Br2N3. The summed E-state index contributed by atoms with van der Waals surface area (Å²) >= 11 is 8.03. The van der Waals surface area contributed by atoms with Gasteiger partial charge in [0.05, 0.1) is 39.5 Å². The fraction of sp³-hybridized carbons (Fsp3) is 0. The van der Waals surface area contributed by atoms with E-state index in [1.807, 2.05) is 6.20 Å². The summed E-state index contributed by atoms with van der Waals surface area (Å²) in [6, 6.07) is 52.7. The molecule has 8 aromatic carbocycles. The number of para-hydroxylation sites is 2. The lowest BCUT2D eigenvalue weighted by Crippen LogP contribution is -1.97. The van der Waals surface area contributed by atoms with Crippen LogP contribution in [0.3, 0.4) is 0 Å². The summed E-state index contributed by atoms with van der Waals surface area (Å²) in [7, 11) is 0. The van der Waals surface area contributed by atoms with Gasteiger partial charge in [-0.15, -0.1) is 0 Å². The maximum atomic E-state index is 5.19. The van der Waals surface area contributed by atoms with Gasteiger partial charge in [0, 0.05) is 52.3 Å². The molecule has 234 valence electrons. The minimum absolute atomic E-state index is 0.963. The summed E-state index contributed by atoms with van der Waals surface area (Å²) in [5.74, 6) is 0. The summed E-state index contributed by atoms with van der Waals surface area (Å²) < 4.78 is 6.75. The number of benzene rings is 8. The van der Waals surface area contributed by atoms with Crippen LogP contribution in [0.1, 0.15) is 0 Å². The SMILES string of the molecule is Brc1c(Br)c2cc(-n3c4ccccc4c4c5ccccc5ccc43)cnc2c2ccc(-n3c4ccccc4c4c5ccccc5ccc43)cc12. The molecule has 11 rings (SSSR count). The van der Waals surface area contributed by atoms with E-state index in [4.69, 9.17) is 4.98 Å². The molecule has 5 heteroatoms. The number of hydrogen-bond acceptors (Lipinski definition) is 1. The van der Waals surface area contributed by atoms with Gasteiger partial charge in [0.1, 0.15) is 0 Å². The molecule has 11 aromatic rings. The second-order valence-corrected chi connectivity index (χ2v) is 14.6. The number of pyridine rings is 1. The van der Waals surface area contributed by atoms with E-state index in [0.717, 1.165) is 42.0 Å². The zero-order chi connectivity index (χ0) is 33.1. The third kappa shape index (κ3) is 3.82. The molecule has 3 heterocycles. The van der Waals surface area contributed by atoms with E-state index in [-0.39, 0.29) is 0 Å². The van der Waals surface area contributed by atoms with Gasteiger partial charge in [-0.05, 0) is 95.9 Å². The number of nitrogens with zero attached hydrogens (tertiary/aromatic N) is 3. The Kier molecular flexibility index (Phi) is 5.96. The highest BCUT2D eigenvalue weighted by Gasteiger charge is 2.20. The Hall–Kier alpha value is -5.49. The average molecular weight is 768 g/mol. The van der Waals surface area contributed by atoms with Crippen LogP contribution in [0, 0.1) is 0 Å². The van der Waals surface area contributed by atoms with Crippen LogP contribution in [0.4, 0.5) is 0 Å². The van der Waals surface area contributed by atoms with Crippen molar-refractivity contribution < 1.29 is 0 Å². The molecule has 0 aliphatic carbocycles. The van der Waals surface area contributed by atoms with Gasteiger partial charge < -0.3 is 9.13 Å². The zero-order valence-corrected chi connectivity index (χ0v) is 29.7. The minimum Gasteiger partial charge on any atom is -0.309 e. The molecule has 0 saturated carbocycles. The quantitative estimate of drug-likeness (QED) is 0.161. The smallest absolute Gasteiger partial charge is 0.0794 e. The van der Waals surface area contributed by atoms with Gasteiger partial charge >= 0.3 is 0 Å². The van der Waals surface area contributed by atoms with Gasteiger partial charge in [-0.25, -0.2) is 0 Å². The molecule has 0 bridgehead atoms. The van der Waals surface area contributed by atoms with Gasteiger partial charge in [-0.1, -0.05) is 103 Å². The van der Waals surface area contributed by atoms with Gasteiger partial charge in [-0.2, -0.15) is 0 Å². The molecule has 50 heavy (non-hydrogen) atoms. The third-order valence-corrected chi connectivity index (χ3v) is 12.6. The highest BCUT2D eigenvalue weighted by Crippen LogP contribution is 2.43. The Morgan fingerprint density at radius 2 is 0.880 bits per heavy atom. The van der Waals surface area contributed by atoms with Crippen LogP contribution in [0.15, 0.2) is 161 Å². The van der Waals surface area contributed by atoms with Gasteiger partial charge in [0.2, 0.25) is 0 Å². The summed E-state index contributed by atoms with van der Waals surface area (Å²) in [6.07, 6.45) is 2.02. The molecule has 0 fully saturated rings. The van der Waals surface area contributed by atoms with Crippen LogP contribution in [0.25, 0.3) is 98.2 Å². The van der Waals surface area contributed by atoms with E-state index in [0.29, 0.717) is 0 Å². The molecule has 0 N–H and O–H groups in total. The van der Waals surface area contributed by atoms with Gasteiger partial charge in [-0.3, -0.25) is 4.98 Å². The first-order valence-electron chi connectivity index (χ1n) is 16.7. The number of aromatic nitrogens is 3. The van der Waals surface area contributed by atoms with Gasteiger partial charge in [0.25, 0.3) is 0 Å². The molecule has 0 saturated heterocycles. The summed E-state index contributed by atoms with van der Waals surface area (Å²) in [6.45, 7) is 0. The Labute approximate surface area is 303 Å². The van der Waals surface area contributed by atoms with E-state index in [1.165, 1.54) is 65.2 Å². The molecule has 0 radical (unpaired) electrons. The Balaban J connectivity index is 1.15. The van der Waals surface area contributed by atoms with Crippen LogP contribution in [0.2, 0.25) is 0 Å². The lowest BCUT2D eigenvalue weighted by Gasteiger charge is -2.15. The molecule has 0 atom stereocenters. The van der Waals surface area contributed by atoms with Gasteiger partial charge in [0.15, 0.2) is 0 Å². The first-order valence-corrected chi connectivity index (χ1v) is 18.3. The van der Waals surface area contributed by atoms with E-state index < -0.39 is 0 Å². The lowest BCUT2D eigenvalue weighted by atomic mass is 10.0. The van der Waals surface area contributed by atoms with Crippen molar-refractivity contribution >= 4 is 119 Å². The largest absolute Gasteiger partial charge is 0.309 e. The predicted molar refractivity (Wildman–Crippen MR) is 218 cm³/mol. The summed E-state index contributed by atoms with van der Waals surface area (Å²) in [5.41, 5.74) is 7.83. The predicted octanol–water partition coefficient (Wildman–Crippen LogP) is 13.4. The minimum atomic E-state index is 0.963.